The number of aromatic nitrogens is 2. The number of thiophene rings is 1. The van der Waals surface area contributed by atoms with E-state index in [-0.39, 0.29) is 12.6 Å². The van der Waals surface area contributed by atoms with E-state index in [9.17, 15) is 4.79 Å². The summed E-state index contributed by atoms with van der Waals surface area (Å²) in [7, 11) is 0. The Bertz CT molecular complexity index is 671. The average molecular weight is 288 g/mol. The summed E-state index contributed by atoms with van der Waals surface area (Å²) in [5.41, 5.74) is 0.526. The molecule has 0 saturated carbocycles. The molecule has 3 rings (SSSR count). The maximum atomic E-state index is 12.0. The molecule has 0 aliphatic rings. The summed E-state index contributed by atoms with van der Waals surface area (Å²) < 4.78 is 12.0. The van der Waals surface area contributed by atoms with Crippen LogP contribution in [0.4, 0.5) is 0 Å². The minimum Gasteiger partial charge on any atom is -0.453 e. The van der Waals surface area contributed by atoms with Crippen LogP contribution in [-0.4, -0.2) is 15.7 Å². The molecule has 0 fully saturated rings. The van der Waals surface area contributed by atoms with Crippen LogP contribution in [0.25, 0.3) is 0 Å². The van der Waals surface area contributed by atoms with E-state index in [0.717, 1.165) is 0 Å². The molecule has 0 saturated heterocycles. The number of rotatable bonds is 5. The molecule has 3 aromatic heterocycles. The van der Waals surface area contributed by atoms with Crippen molar-refractivity contribution >= 4 is 17.3 Å². The van der Waals surface area contributed by atoms with Gasteiger partial charge < -0.3 is 13.8 Å². The van der Waals surface area contributed by atoms with E-state index in [0.29, 0.717) is 18.0 Å². The fourth-order valence-electron chi connectivity index (χ4n) is 1.83. The second-order valence-electron chi connectivity index (χ2n) is 4.16. The summed E-state index contributed by atoms with van der Waals surface area (Å²) in [6, 6.07) is 9.27. The van der Waals surface area contributed by atoms with Crippen LogP contribution in [0.5, 0.6) is 0 Å². The van der Waals surface area contributed by atoms with Gasteiger partial charge >= 0.3 is 5.97 Å². The number of esters is 1. The fourth-order valence-corrected chi connectivity index (χ4v) is 2.54. The van der Waals surface area contributed by atoms with Crippen LogP contribution in [0.1, 0.15) is 21.1 Å². The molecule has 0 amide bonds. The second-order valence-corrected chi connectivity index (χ2v) is 5.19. The molecule has 6 heteroatoms. The maximum absolute atomic E-state index is 12.0. The van der Waals surface area contributed by atoms with E-state index >= 15 is 0 Å². The minimum atomic E-state index is -0.372. The molecule has 0 N–H and O–H groups in total. The zero-order valence-corrected chi connectivity index (χ0v) is 11.4. The summed E-state index contributed by atoms with van der Waals surface area (Å²) in [4.78, 5) is 13.2. The molecule has 0 bridgehead atoms. The van der Waals surface area contributed by atoms with Gasteiger partial charge in [0.05, 0.1) is 12.7 Å². The van der Waals surface area contributed by atoms with Gasteiger partial charge in [-0.25, -0.2) is 4.79 Å². The van der Waals surface area contributed by atoms with Crippen molar-refractivity contribution in [3.8, 4) is 0 Å². The van der Waals surface area contributed by atoms with Gasteiger partial charge in [-0.05, 0) is 23.6 Å². The zero-order valence-electron chi connectivity index (χ0n) is 10.6. The number of hydrogen-bond donors (Lipinski definition) is 0. The Labute approximate surface area is 119 Å². The maximum Gasteiger partial charge on any atom is 0.355 e. The molecule has 0 aliphatic carbocycles. The van der Waals surface area contributed by atoms with Crippen molar-refractivity contribution < 1.29 is 14.1 Å². The zero-order chi connectivity index (χ0) is 13.8. The number of carbonyl (C=O) groups excluding carboxylic acids is 1. The molecule has 102 valence electrons. The van der Waals surface area contributed by atoms with E-state index in [2.05, 4.69) is 5.16 Å². The van der Waals surface area contributed by atoms with Gasteiger partial charge in [0.1, 0.15) is 5.69 Å². The topological polar surface area (TPSA) is 57.3 Å². The Kier molecular flexibility index (Phi) is 3.64. The van der Waals surface area contributed by atoms with Crippen molar-refractivity contribution in [2.45, 2.75) is 13.2 Å². The van der Waals surface area contributed by atoms with Crippen LogP contribution < -0.4 is 0 Å². The largest absolute Gasteiger partial charge is 0.453 e. The fraction of sp³-hybridized carbons (Fsp3) is 0.143. The molecule has 0 aromatic carbocycles. The highest BCUT2D eigenvalue weighted by molar-refractivity contribution is 7.09. The Balaban J connectivity index is 1.67. The summed E-state index contributed by atoms with van der Waals surface area (Å²) in [6.07, 6.45) is 3.38. The molecular weight excluding hydrogens is 276 g/mol. The number of ether oxygens (including phenoxy) is 1. The van der Waals surface area contributed by atoms with Gasteiger partial charge in [-0.3, -0.25) is 0 Å². The average Bonchev–Trinajstić information content (AvgIpc) is 3.19. The third-order valence-corrected chi connectivity index (χ3v) is 3.64. The van der Waals surface area contributed by atoms with E-state index in [1.807, 2.05) is 34.3 Å². The Morgan fingerprint density at radius 2 is 2.30 bits per heavy atom. The van der Waals surface area contributed by atoms with Gasteiger partial charge in [-0.15, -0.1) is 11.3 Å². The normalized spacial score (nSPS) is 10.6. The predicted molar refractivity (Wildman–Crippen MR) is 73.5 cm³/mol. The molecule has 0 spiro atoms. The lowest BCUT2D eigenvalue weighted by molar-refractivity contribution is 0.0425. The monoisotopic (exact) mass is 288 g/mol. The molecule has 0 unspecified atom stereocenters. The van der Waals surface area contributed by atoms with Gasteiger partial charge in [0, 0.05) is 17.1 Å². The van der Waals surface area contributed by atoms with Gasteiger partial charge in [0.25, 0.3) is 0 Å². The van der Waals surface area contributed by atoms with Crippen LogP contribution in [0.15, 0.2) is 52.6 Å². The Morgan fingerprint density at radius 1 is 1.35 bits per heavy atom. The van der Waals surface area contributed by atoms with E-state index in [1.54, 1.807) is 23.5 Å². The summed E-state index contributed by atoms with van der Waals surface area (Å²) in [5.74, 6) is 0.151. The third-order valence-electron chi connectivity index (χ3n) is 2.78. The predicted octanol–water partition coefficient (Wildman–Crippen LogP) is 2.94. The standard InChI is InChI=1S/C14H12N2O3S/c17-14(18-10-11-5-6-15-19-11)13-4-1-7-16(13)9-12-3-2-8-20-12/h1-8H,9-10H2. The molecule has 0 radical (unpaired) electrons. The van der Waals surface area contributed by atoms with Crippen molar-refractivity contribution in [2.24, 2.45) is 0 Å². The van der Waals surface area contributed by atoms with Crippen LogP contribution in [0.3, 0.4) is 0 Å². The molecular formula is C14H12N2O3S. The second kappa shape index (κ2) is 5.75. The first-order valence-electron chi connectivity index (χ1n) is 6.07. The van der Waals surface area contributed by atoms with Gasteiger partial charge in [0.2, 0.25) is 0 Å². The number of carbonyl (C=O) groups is 1. The first-order valence-corrected chi connectivity index (χ1v) is 6.95. The van der Waals surface area contributed by atoms with Gasteiger partial charge in [0.15, 0.2) is 12.4 Å². The summed E-state index contributed by atoms with van der Waals surface area (Å²) >= 11 is 1.66. The van der Waals surface area contributed by atoms with Crippen molar-refractivity contribution in [2.75, 3.05) is 0 Å². The van der Waals surface area contributed by atoms with Crippen LogP contribution in [-0.2, 0) is 17.9 Å². The van der Waals surface area contributed by atoms with Crippen LogP contribution in [0.2, 0.25) is 0 Å². The summed E-state index contributed by atoms with van der Waals surface area (Å²) in [5, 5.41) is 5.57. The molecule has 5 nitrogen and oxygen atoms in total. The van der Waals surface area contributed by atoms with Gasteiger partial charge in [-0.1, -0.05) is 11.2 Å². The van der Waals surface area contributed by atoms with E-state index in [4.69, 9.17) is 9.26 Å². The lowest BCUT2D eigenvalue weighted by Gasteiger charge is -2.07. The third kappa shape index (κ3) is 2.80. The smallest absolute Gasteiger partial charge is 0.355 e. The van der Waals surface area contributed by atoms with E-state index < -0.39 is 0 Å². The van der Waals surface area contributed by atoms with Crippen LogP contribution in [0, 0.1) is 0 Å². The highest BCUT2D eigenvalue weighted by Gasteiger charge is 2.13. The summed E-state index contributed by atoms with van der Waals surface area (Å²) in [6.45, 7) is 0.750. The molecule has 0 aliphatic heterocycles. The molecule has 0 atom stereocenters. The van der Waals surface area contributed by atoms with Crippen LogP contribution >= 0.6 is 11.3 Å². The lowest BCUT2D eigenvalue weighted by atomic mass is 10.4. The number of hydrogen-bond acceptors (Lipinski definition) is 5. The molecule has 3 aromatic rings. The van der Waals surface area contributed by atoms with Gasteiger partial charge in [-0.2, -0.15) is 0 Å². The van der Waals surface area contributed by atoms with Crippen molar-refractivity contribution in [3.05, 3.63) is 64.4 Å². The molecule has 20 heavy (non-hydrogen) atoms. The first kappa shape index (κ1) is 12.7. The van der Waals surface area contributed by atoms with Crippen molar-refractivity contribution in [1.29, 1.82) is 0 Å². The molecule has 3 heterocycles. The quantitative estimate of drug-likeness (QED) is 0.677. The van der Waals surface area contributed by atoms with E-state index in [1.165, 1.54) is 11.1 Å². The SMILES string of the molecule is O=C(OCc1ccno1)c1cccn1Cc1cccs1. The highest BCUT2D eigenvalue weighted by Crippen LogP contribution is 2.14. The highest BCUT2D eigenvalue weighted by atomic mass is 32.1. The number of nitrogens with zero attached hydrogens (tertiary/aromatic N) is 2. The Morgan fingerprint density at radius 3 is 3.05 bits per heavy atom. The Hall–Kier alpha value is -2.34. The first-order chi connectivity index (χ1) is 9.83. The van der Waals surface area contributed by atoms with Crippen molar-refractivity contribution in [1.82, 2.24) is 9.72 Å². The van der Waals surface area contributed by atoms with Crippen molar-refractivity contribution in [3.63, 3.8) is 0 Å². The minimum absolute atomic E-state index is 0.0863. The lowest BCUT2D eigenvalue weighted by Crippen LogP contribution is -2.12.